The van der Waals surface area contributed by atoms with E-state index in [1.165, 1.54) is 12.1 Å². The van der Waals surface area contributed by atoms with Crippen molar-refractivity contribution in [2.45, 2.75) is 6.42 Å². The molecule has 4 heteroatoms. The van der Waals surface area contributed by atoms with Crippen LogP contribution < -0.4 is 11.1 Å². The molecular formula is C14H12FN3. The molecule has 2 aromatic rings. The first-order chi connectivity index (χ1) is 8.67. The summed E-state index contributed by atoms with van der Waals surface area (Å²) >= 11 is 0. The van der Waals surface area contributed by atoms with Crippen molar-refractivity contribution in [3.8, 4) is 6.07 Å². The fourth-order valence-electron chi connectivity index (χ4n) is 1.65. The molecule has 0 saturated carbocycles. The molecule has 0 aliphatic carbocycles. The zero-order chi connectivity index (χ0) is 13.0. The number of nitrogens with zero attached hydrogens (tertiary/aromatic N) is 1. The largest absolute Gasteiger partial charge is 0.399 e. The molecule has 0 aromatic heterocycles. The van der Waals surface area contributed by atoms with Crippen LogP contribution in [0.1, 0.15) is 5.56 Å². The minimum absolute atomic E-state index is 0.374. The highest BCUT2D eigenvalue weighted by Gasteiger charge is 1.99. The molecule has 0 bridgehead atoms. The summed E-state index contributed by atoms with van der Waals surface area (Å²) in [5.41, 5.74) is 8.30. The van der Waals surface area contributed by atoms with Crippen LogP contribution in [0.25, 0.3) is 0 Å². The van der Waals surface area contributed by atoms with Crippen molar-refractivity contribution >= 4 is 17.1 Å². The van der Waals surface area contributed by atoms with Gasteiger partial charge in [-0.2, -0.15) is 5.26 Å². The second-order valence-electron chi connectivity index (χ2n) is 3.93. The molecule has 0 spiro atoms. The van der Waals surface area contributed by atoms with E-state index in [0.29, 0.717) is 17.8 Å². The second kappa shape index (κ2) is 5.19. The maximum atomic E-state index is 13.1. The zero-order valence-electron chi connectivity index (χ0n) is 9.65. The maximum Gasteiger partial charge on any atom is 0.127 e. The van der Waals surface area contributed by atoms with E-state index >= 15 is 0 Å². The molecular weight excluding hydrogens is 229 g/mol. The molecule has 3 nitrogen and oxygen atoms in total. The number of hydrogen-bond donors (Lipinski definition) is 2. The maximum absolute atomic E-state index is 13.1. The van der Waals surface area contributed by atoms with Crippen molar-refractivity contribution in [2.75, 3.05) is 11.1 Å². The molecule has 0 saturated heterocycles. The van der Waals surface area contributed by atoms with E-state index in [-0.39, 0.29) is 5.82 Å². The Bertz CT molecular complexity index is 565. The molecule has 0 unspecified atom stereocenters. The molecule has 0 atom stereocenters. The van der Waals surface area contributed by atoms with Crippen LogP contribution in [0.3, 0.4) is 0 Å². The molecule has 0 aliphatic rings. The summed E-state index contributed by atoms with van der Waals surface area (Å²) in [6.07, 6.45) is 0.382. The summed E-state index contributed by atoms with van der Waals surface area (Å²) in [4.78, 5) is 0. The molecule has 0 fully saturated rings. The summed E-state index contributed by atoms with van der Waals surface area (Å²) in [6, 6.07) is 13.8. The molecule has 0 aliphatic heterocycles. The zero-order valence-corrected chi connectivity index (χ0v) is 9.65. The third kappa shape index (κ3) is 2.98. The Kier molecular flexibility index (Phi) is 3.44. The lowest BCUT2D eigenvalue weighted by atomic mass is 10.1. The third-order valence-electron chi connectivity index (χ3n) is 2.45. The first-order valence-corrected chi connectivity index (χ1v) is 5.46. The number of halogens is 1. The van der Waals surface area contributed by atoms with Crippen LogP contribution in [-0.4, -0.2) is 0 Å². The Morgan fingerprint density at radius 2 is 1.83 bits per heavy atom. The predicted molar refractivity (Wildman–Crippen MR) is 69.9 cm³/mol. The van der Waals surface area contributed by atoms with Crippen molar-refractivity contribution in [1.29, 1.82) is 5.26 Å². The van der Waals surface area contributed by atoms with E-state index in [9.17, 15) is 4.39 Å². The van der Waals surface area contributed by atoms with Gasteiger partial charge in [0.15, 0.2) is 0 Å². The average Bonchev–Trinajstić information content (AvgIpc) is 2.31. The molecule has 0 heterocycles. The number of anilines is 3. The SMILES string of the molecule is N#CCc1ccc(Nc2cc(N)cc(F)c2)cc1. The van der Waals surface area contributed by atoms with Crippen molar-refractivity contribution in [3.05, 3.63) is 53.8 Å². The van der Waals surface area contributed by atoms with Crippen LogP contribution in [0.15, 0.2) is 42.5 Å². The molecule has 0 amide bonds. The number of nitriles is 1. The van der Waals surface area contributed by atoms with Gasteiger partial charge in [-0.3, -0.25) is 0 Å². The molecule has 18 heavy (non-hydrogen) atoms. The normalized spacial score (nSPS) is 9.78. The van der Waals surface area contributed by atoms with Gasteiger partial charge in [0.25, 0.3) is 0 Å². The van der Waals surface area contributed by atoms with Gasteiger partial charge in [0, 0.05) is 17.1 Å². The number of benzene rings is 2. The molecule has 3 N–H and O–H groups in total. The Morgan fingerprint density at radius 3 is 2.44 bits per heavy atom. The second-order valence-corrected chi connectivity index (χ2v) is 3.93. The van der Waals surface area contributed by atoms with E-state index in [0.717, 1.165) is 11.3 Å². The first kappa shape index (κ1) is 11.9. The Labute approximate surface area is 105 Å². The standard InChI is InChI=1S/C14H12FN3/c15-11-7-12(17)9-14(8-11)18-13-3-1-10(2-4-13)5-6-16/h1-4,7-9,18H,5,17H2. The van der Waals surface area contributed by atoms with Crippen LogP contribution >= 0.6 is 0 Å². The van der Waals surface area contributed by atoms with Crippen LogP contribution in [-0.2, 0) is 6.42 Å². The topological polar surface area (TPSA) is 61.8 Å². The lowest BCUT2D eigenvalue weighted by Gasteiger charge is -2.08. The summed E-state index contributed by atoms with van der Waals surface area (Å²) < 4.78 is 13.1. The minimum atomic E-state index is -0.376. The van der Waals surface area contributed by atoms with Gasteiger partial charge in [-0.25, -0.2) is 4.39 Å². The number of hydrogen-bond acceptors (Lipinski definition) is 3. The monoisotopic (exact) mass is 241 g/mol. The van der Waals surface area contributed by atoms with E-state index in [4.69, 9.17) is 11.0 Å². The molecule has 2 aromatic carbocycles. The Morgan fingerprint density at radius 1 is 1.11 bits per heavy atom. The van der Waals surface area contributed by atoms with Crippen molar-refractivity contribution in [1.82, 2.24) is 0 Å². The third-order valence-corrected chi connectivity index (χ3v) is 2.45. The predicted octanol–water partition coefficient (Wildman–Crippen LogP) is 3.22. The smallest absolute Gasteiger partial charge is 0.127 e. The summed E-state index contributed by atoms with van der Waals surface area (Å²) in [5.74, 6) is -0.376. The highest BCUT2D eigenvalue weighted by Crippen LogP contribution is 2.20. The van der Waals surface area contributed by atoms with Crippen molar-refractivity contribution in [3.63, 3.8) is 0 Å². The Balaban J connectivity index is 2.16. The highest BCUT2D eigenvalue weighted by molar-refractivity contribution is 5.63. The van der Waals surface area contributed by atoms with Gasteiger partial charge in [-0.1, -0.05) is 12.1 Å². The van der Waals surface area contributed by atoms with E-state index in [1.807, 2.05) is 24.3 Å². The lowest BCUT2D eigenvalue weighted by molar-refractivity contribution is 0.629. The Hall–Kier alpha value is -2.54. The fraction of sp³-hybridized carbons (Fsp3) is 0.0714. The quantitative estimate of drug-likeness (QED) is 0.811. The summed E-state index contributed by atoms with van der Waals surface area (Å²) in [6.45, 7) is 0. The van der Waals surface area contributed by atoms with Gasteiger partial charge in [0.2, 0.25) is 0 Å². The number of nitrogens with two attached hydrogens (primary N) is 1. The lowest BCUT2D eigenvalue weighted by Crippen LogP contribution is -1.94. The van der Waals surface area contributed by atoms with Crippen LogP contribution in [0.4, 0.5) is 21.5 Å². The van der Waals surface area contributed by atoms with Gasteiger partial charge in [-0.15, -0.1) is 0 Å². The molecule has 2 rings (SSSR count). The van der Waals surface area contributed by atoms with E-state index in [1.54, 1.807) is 6.07 Å². The average molecular weight is 241 g/mol. The molecule has 0 radical (unpaired) electrons. The molecule has 90 valence electrons. The van der Waals surface area contributed by atoms with Gasteiger partial charge in [0.1, 0.15) is 5.82 Å². The van der Waals surface area contributed by atoms with Crippen molar-refractivity contribution in [2.24, 2.45) is 0 Å². The summed E-state index contributed by atoms with van der Waals surface area (Å²) in [7, 11) is 0. The van der Waals surface area contributed by atoms with Gasteiger partial charge in [-0.05, 0) is 35.9 Å². The van der Waals surface area contributed by atoms with Crippen LogP contribution in [0, 0.1) is 17.1 Å². The number of nitrogen functional groups attached to an aromatic ring is 1. The minimum Gasteiger partial charge on any atom is -0.399 e. The first-order valence-electron chi connectivity index (χ1n) is 5.46. The van der Waals surface area contributed by atoms with Crippen LogP contribution in [0.5, 0.6) is 0 Å². The van der Waals surface area contributed by atoms with Crippen LogP contribution in [0.2, 0.25) is 0 Å². The summed E-state index contributed by atoms with van der Waals surface area (Å²) in [5, 5.41) is 11.6. The van der Waals surface area contributed by atoms with Gasteiger partial charge in [0.05, 0.1) is 12.5 Å². The number of nitrogens with one attached hydrogen (secondary N) is 1. The van der Waals surface area contributed by atoms with Gasteiger partial charge < -0.3 is 11.1 Å². The van der Waals surface area contributed by atoms with Crippen molar-refractivity contribution < 1.29 is 4.39 Å². The fourth-order valence-corrected chi connectivity index (χ4v) is 1.65. The van der Waals surface area contributed by atoms with E-state index < -0.39 is 0 Å². The van der Waals surface area contributed by atoms with E-state index in [2.05, 4.69) is 11.4 Å². The van der Waals surface area contributed by atoms with Gasteiger partial charge >= 0.3 is 0 Å². The number of rotatable bonds is 3. The highest BCUT2D eigenvalue weighted by atomic mass is 19.1.